The first-order valence-electron chi connectivity index (χ1n) is 8.97. The predicted molar refractivity (Wildman–Crippen MR) is 106 cm³/mol. The van der Waals surface area contributed by atoms with E-state index in [9.17, 15) is 13.2 Å². The second kappa shape index (κ2) is 8.65. The smallest absolute Gasteiger partial charge is 0.209 e. The lowest BCUT2D eigenvalue weighted by Crippen LogP contribution is -2.57. The Bertz CT molecular complexity index is 804. The van der Waals surface area contributed by atoms with Gasteiger partial charge in [0, 0.05) is 32.2 Å². The lowest BCUT2D eigenvalue weighted by Gasteiger charge is -2.44. The third kappa shape index (κ3) is 5.15. The monoisotopic (exact) mass is 387 g/mol. The van der Waals surface area contributed by atoms with Gasteiger partial charge in [0.15, 0.2) is 0 Å². The maximum absolute atomic E-state index is 11.6. The summed E-state index contributed by atoms with van der Waals surface area (Å²) in [6.45, 7) is 2.04. The van der Waals surface area contributed by atoms with E-state index in [0.29, 0.717) is 19.6 Å². The molecule has 1 amide bonds. The van der Waals surface area contributed by atoms with Crippen LogP contribution in [0.25, 0.3) is 0 Å². The summed E-state index contributed by atoms with van der Waals surface area (Å²) >= 11 is 0. The second-order valence-corrected chi connectivity index (χ2v) is 8.67. The quantitative estimate of drug-likeness (QED) is 0.731. The van der Waals surface area contributed by atoms with Gasteiger partial charge in [-0.25, -0.2) is 13.1 Å². The number of benzene rings is 2. The van der Waals surface area contributed by atoms with Crippen molar-refractivity contribution in [2.24, 2.45) is 0 Å². The van der Waals surface area contributed by atoms with Crippen LogP contribution in [0.5, 0.6) is 0 Å². The summed E-state index contributed by atoms with van der Waals surface area (Å²) in [6, 6.07) is 20.2. The number of carbonyl (C=O) groups is 1. The molecule has 1 heterocycles. The summed E-state index contributed by atoms with van der Waals surface area (Å²) in [6.07, 6.45) is 1.99. The van der Waals surface area contributed by atoms with Gasteiger partial charge in [-0.3, -0.25) is 9.69 Å². The van der Waals surface area contributed by atoms with Crippen LogP contribution in [-0.4, -0.2) is 63.1 Å². The molecule has 0 bridgehead atoms. The molecule has 6 nitrogen and oxygen atoms in total. The molecule has 7 heteroatoms. The van der Waals surface area contributed by atoms with Crippen molar-refractivity contribution in [1.82, 2.24) is 14.5 Å². The minimum absolute atomic E-state index is 0.00689. The van der Waals surface area contributed by atoms with E-state index in [0.717, 1.165) is 23.8 Å². The number of rotatable bonds is 7. The molecule has 2 aromatic rings. The Morgan fingerprint density at radius 3 is 2.07 bits per heavy atom. The first-order valence-corrected chi connectivity index (χ1v) is 10.9. The third-order valence-corrected chi connectivity index (χ3v) is 5.54. The summed E-state index contributed by atoms with van der Waals surface area (Å²) in [5.74, 6) is 0. The normalized spacial score (nSPS) is 18.6. The van der Waals surface area contributed by atoms with Gasteiger partial charge in [-0.05, 0) is 11.1 Å². The number of hydrogen-bond acceptors (Lipinski definition) is 4. The van der Waals surface area contributed by atoms with Crippen LogP contribution >= 0.6 is 0 Å². The van der Waals surface area contributed by atoms with Crippen LogP contribution in [0.4, 0.5) is 0 Å². The molecule has 0 aromatic heterocycles. The van der Waals surface area contributed by atoms with Gasteiger partial charge in [0.25, 0.3) is 0 Å². The fraction of sp³-hybridized carbons (Fsp3) is 0.350. The number of piperazine rings is 1. The Morgan fingerprint density at radius 2 is 1.59 bits per heavy atom. The van der Waals surface area contributed by atoms with Gasteiger partial charge >= 0.3 is 0 Å². The van der Waals surface area contributed by atoms with Crippen LogP contribution in [0.15, 0.2) is 60.7 Å². The van der Waals surface area contributed by atoms with Crippen molar-refractivity contribution in [1.29, 1.82) is 0 Å². The lowest BCUT2D eigenvalue weighted by molar-refractivity contribution is -0.121. The summed E-state index contributed by atoms with van der Waals surface area (Å²) in [5, 5.41) is 0. The van der Waals surface area contributed by atoms with Gasteiger partial charge in [0.05, 0.1) is 12.3 Å². The van der Waals surface area contributed by atoms with E-state index in [2.05, 4.69) is 33.9 Å². The zero-order valence-electron chi connectivity index (χ0n) is 15.4. The molecule has 0 radical (unpaired) electrons. The molecule has 0 saturated carbocycles. The van der Waals surface area contributed by atoms with E-state index in [1.165, 1.54) is 0 Å². The predicted octanol–water partition coefficient (Wildman–Crippen LogP) is 1.47. The van der Waals surface area contributed by atoms with Crippen molar-refractivity contribution in [3.63, 3.8) is 0 Å². The van der Waals surface area contributed by atoms with E-state index in [-0.39, 0.29) is 18.6 Å². The molecule has 1 fully saturated rings. The highest BCUT2D eigenvalue weighted by molar-refractivity contribution is 7.88. The van der Waals surface area contributed by atoms with Gasteiger partial charge in [0.1, 0.15) is 0 Å². The van der Waals surface area contributed by atoms with Crippen molar-refractivity contribution in [3.05, 3.63) is 71.8 Å². The molecule has 1 N–H and O–H groups in total. The highest BCUT2D eigenvalue weighted by atomic mass is 32.2. The van der Waals surface area contributed by atoms with Crippen molar-refractivity contribution >= 4 is 16.4 Å². The molecular formula is C20H25N3O3S. The summed E-state index contributed by atoms with van der Waals surface area (Å²) in [4.78, 5) is 15.3. The van der Waals surface area contributed by atoms with Crippen molar-refractivity contribution in [3.8, 4) is 0 Å². The van der Waals surface area contributed by atoms with E-state index in [1.807, 2.05) is 36.4 Å². The maximum Gasteiger partial charge on any atom is 0.209 e. The third-order valence-electron chi connectivity index (χ3n) is 4.85. The number of nitrogens with zero attached hydrogens (tertiary/aromatic N) is 2. The van der Waals surface area contributed by atoms with Gasteiger partial charge in [0.2, 0.25) is 16.4 Å². The minimum atomic E-state index is -3.31. The first kappa shape index (κ1) is 19.5. The zero-order valence-corrected chi connectivity index (χ0v) is 16.2. The molecule has 2 aromatic carbocycles. The topological polar surface area (TPSA) is 69.7 Å². The molecule has 3 rings (SSSR count). The largest absolute Gasteiger partial charge is 0.342 e. The SMILES string of the molecule is CS(=O)(=O)NCC1CN(C=O)CCN1C(c1ccccc1)c1ccccc1. The first-order chi connectivity index (χ1) is 13.0. The number of hydrogen-bond donors (Lipinski definition) is 1. The molecule has 1 unspecified atom stereocenters. The summed E-state index contributed by atoms with van der Waals surface area (Å²) < 4.78 is 25.9. The summed E-state index contributed by atoms with van der Waals surface area (Å²) in [7, 11) is -3.31. The van der Waals surface area contributed by atoms with Crippen LogP contribution in [0.2, 0.25) is 0 Å². The lowest BCUT2D eigenvalue weighted by atomic mass is 9.94. The molecule has 27 heavy (non-hydrogen) atoms. The van der Waals surface area contributed by atoms with Crippen LogP contribution in [0.3, 0.4) is 0 Å². The zero-order chi connectivity index (χ0) is 19.3. The molecule has 1 aliphatic rings. The molecule has 1 saturated heterocycles. The van der Waals surface area contributed by atoms with Crippen LogP contribution in [0.1, 0.15) is 17.2 Å². The molecule has 1 atom stereocenters. The van der Waals surface area contributed by atoms with Crippen molar-refractivity contribution < 1.29 is 13.2 Å². The van der Waals surface area contributed by atoms with Crippen molar-refractivity contribution in [2.75, 3.05) is 32.4 Å². The van der Waals surface area contributed by atoms with E-state index in [4.69, 9.17) is 0 Å². The van der Waals surface area contributed by atoms with Gasteiger partial charge < -0.3 is 4.90 Å². The second-order valence-electron chi connectivity index (χ2n) is 6.84. The highest BCUT2D eigenvalue weighted by Gasteiger charge is 2.33. The maximum atomic E-state index is 11.6. The Balaban J connectivity index is 1.96. The highest BCUT2D eigenvalue weighted by Crippen LogP contribution is 2.31. The van der Waals surface area contributed by atoms with E-state index >= 15 is 0 Å². The average Bonchev–Trinajstić information content (AvgIpc) is 2.68. The van der Waals surface area contributed by atoms with Crippen LogP contribution in [-0.2, 0) is 14.8 Å². The van der Waals surface area contributed by atoms with Gasteiger partial charge in [-0.2, -0.15) is 0 Å². The molecule has 144 valence electrons. The van der Waals surface area contributed by atoms with Gasteiger partial charge in [-0.1, -0.05) is 60.7 Å². The Hall–Kier alpha value is -2.22. The number of sulfonamides is 1. The van der Waals surface area contributed by atoms with E-state index in [1.54, 1.807) is 4.90 Å². The molecule has 0 aliphatic carbocycles. The molecule has 0 spiro atoms. The fourth-order valence-corrected chi connectivity index (χ4v) is 4.10. The van der Waals surface area contributed by atoms with Crippen LogP contribution in [0, 0.1) is 0 Å². The van der Waals surface area contributed by atoms with E-state index < -0.39 is 10.0 Å². The summed E-state index contributed by atoms with van der Waals surface area (Å²) in [5.41, 5.74) is 2.29. The standard InChI is InChI=1S/C20H25N3O3S/c1-27(25,26)21-14-19-15-22(16-24)12-13-23(19)20(17-8-4-2-5-9-17)18-10-6-3-7-11-18/h2-11,16,19-21H,12-15H2,1H3. The Labute approximate surface area is 160 Å². The number of amides is 1. The number of carbonyl (C=O) groups excluding carboxylic acids is 1. The number of nitrogens with one attached hydrogen (secondary N) is 1. The fourth-order valence-electron chi connectivity index (χ4n) is 3.60. The minimum Gasteiger partial charge on any atom is -0.342 e. The van der Waals surface area contributed by atoms with Crippen LogP contribution < -0.4 is 4.72 Å². The average molecular weight is 388 g/mol. The molecular weight excluding hydrogens is 362 g/mol. The Kier molecular flexibility index (Phi) is 6.26. The van der Waals surface area contributed by atoms with Gasteiger partial charge in [-0.15, -0.1) is 0 Å². The molecule has 1 aliphatic heterocycles. The Morgan fingerprint density at radius 1 is 1.04 bits per heavy atom. The van der Waals surface area contributed by atoms with Crippen molar-refractivity contribution in [2.45, 2.75) is 12.1 Å².